The van der Waals surface area contributed by atoms with Crippen LogP contribution in [0.25, 0.3) is 0 Å². The highest BCUT2D eigenvalue weighted by Gasteiger charge is 2.26. The first kappa shape index (κ1) is 23.6. The first-order valence-electron chi connectivity index (χ1n) is 10.0. The molecule has 2 aromatic rings. The Morgan fingerprint density at radius 1 is 1.03 bits per heavy atom. The van der Waals surface area contributed by atoms with E-state index in [2.05, 4.69) is 15.0 Å². The van der Waals surface area contributed by atoms with Crippen LogP contribution >= 0.6 is 0 Å². The Balaban J connectivity index is 1.67. The predicted molar refractivity (Wildman–Crippen MR) is 118 cm³/mol. The highest BCUT2D eigenvalue weighted by molar-refractivity contribution is 7.89. The zero-order valence-electron chi connectivity index (χ0n) is 17.6. The van der Waals surface area contributed by atoms with Crippen LogP contribution in [0.5, 0.6) is 0 Å². The molecule has 1 aromatic heterocycles. The monoisotopic (exact) mass is 468 g/mol. The number of benzene rings is 1. The van der Waals surface area contributed by atoms with E-state index in [-0.39, 0.29) is 16.7 Å². The van der Waals surface area contributed by atoms with Crippen LogP contribution < -0.4 is 10.0 Å². The maximum atomic E-state index is 12.7. The van der Waals surface area contributed by atoms with Gasteiger partial charge in [0.2, 0.25) is 20.0 Å². The molecule has 11 heteroatoms. The largest absolute Gasteiger partial charge is 0.379 e. The van der Waals surface area contributed by atoms with Crippen LogP contribution in [0, 0.1) is 0 Å². The van der Waals surface area contributed by atoms with E-state index in [0.717, 1.165) is 5.56 Å². The van der Waals surface area contributed by atoms with E-state index in [1.807, 2.05) is 12.1 Å². The SMILES string of the molecule is CC(C)NS(=O)(=O)Cc1ccccc1CNc1ccc(S(=O)(=O)N2CCOCC2)cn1. The molecule has 3 rings (SSSR count). The molecular formula is C20H28N4O5S2. The average Bonchev–Trinajstić information content (AvgIpc) is 2.73. The first-order chi connectivity index (χ1) is 14.7. The van der Waals surface area contributed by atoms with Gasteiger partial charge in [-0.15, -0.1) is 0 Å². The van der Waals surface area contributed by atoms with Gasteiger partial charge in [0.25, 0.3) is 0 Å². The zero-order valence-corrected chi connectivity index (χ0v) is 19.2. The molecule has 2 N–H and O–H groups in total. The van der Waals surface area contributed by atoms with Gasteiger partial charge in [0.15, 0.2) is 0 Å². The van der Waals surface area contributed by atoms with Crippen molar-refractivity contribution < 1.29 is 21.6 Å². The number of anilines is 1. The van der Waals surface area contributed by atoms with Crippen molar-refractivity contribution in [2.45, 2.75) is 37.1 Å². The Bertz CT molecular complexity index is 1080. The van der Waals surface area contributed by atoms with E-state index >= 15 is 0 Å². The quantitative estimate of drug-likeness (QED) is 0.573. The highest BCUT2D eigenvalue weighted by atomic mass is 32.2. The van der Waals surface area contributed by atoms with E-state index < -0.39 is 20.0 Å². The second-order valence-corrected chi connectivity index (χ2v) is 11.2. The minimum Gasteiger partial charge on any atom is -0.379 e. The van der Waals surface area contributed by atoms with Crippen molar-refractivity contribution in [1.82, 2.24) is 14.0 Å². The summed E-state index contributed by atoms with van der Waals surface area (Å²) < 4.78 is 59.1. The van der Waals surface area contributed by atoms with Crippen molar-refractivity contribution in [3.05, 3.63) is 53.7 Å². The smallest absolute Gasteiger partial charge is 0.244 e. The van der Waals surface area contributed by atoms with Crippen LogP contribution in [-0.2, 0) is 37.1 Å². The molecule has 0 aliphatic carbocycles. The number of pyridine rings is 1. The van der Waals surface area contributed by atoms with Gasteiger partial charge in [0.05, 0.1) is 19.0 Å². The van der Waals surface area contributed by atoms with Crippen molar-refractivity contribution in [2.75, 3.05) is 31.6 Å². The lowest BCUT2D eigenvalue weighted by molar-refractivity contribution is 0.0730. The minimum absolute atomic E-state index is 0.118. The molecule has 1 fully saturated rings. The Morgan fingerprint density at radius 3 is 2.32 bits per heavy atom. The molecule has 1 saturated heterocycles. The fourth-order valence-electron chi connectivity index (χ4n) is 3.24. The standard InChI is InChI=1S/C20H28N4O5S2/c1-16(2)23-30(25,26)15-18-6-4-3-5-17(18)13-21-20-8-7-19(14-22-20)31(27,28)24-9-11-29-12-10-24/h3-8,14,16,23H,9-13,15H2,1-2H3,(H,21,22). The Hall–Kier alpha value is -2.05. The van der Waals surface area contributed by atoms with Gasteiger partial charge in [-0.25, -0.2) is 26.5 Å². The lowest BCUT2D eigenvalue weighted by Gasteiger charge is -2.25. The molecular weight excluding hydrogens is 440 g/mol. The number of ether oxygens (including phenoxy) is 1. The Morgan fingerprint density at radius 2 is 1.71 bits per heavy atom. The Labute approximate surface area is 183 Å². The number of nitrogens with one attached hydrogen (secondary N) is 2. The number of sulfonamides is 2. The molecule has 9 nitrogen and oxygen atoms in total. The summed E-state index contributed by atoms with van der Waals surface area (Å²) in [6, 6.07) is 10.2. The Kier molecular flexibility index (Phi) is 7.65. The van der Waals surface area contributed by atoms with Crippen molar-refractivity contribution in [3.63, 3.8) is 0 Å². The van der Waals surface area contributed by atoms with Gasteiger partial charge in [-0.3, -0.25) is 0 Å². The fraction of sp³-hybridized carbons (Fsp3) is 0.450. The van der Waals surface area contributed by atoms with Gasteiger partial charge < -0.3 is 10.1 Å². The van der Waals surface area contributed by atoms with E-state index in [9.17, 15) is 16.8 Å². The maximum absolute atomic E-state index is 12.7. The molecule has 0 saturated carbocycles. The number of nitrogens with zero attached hydrogens (tertiary/aromatic N) is 2. The molecule has 0 amide bonds. The molecule has 0 radical (unpaired) electrons. The highest BCUT2D eigenvalue weighted by Crippen LogP contribution is 2.19. The summed E-state index contributed by atoms with van der Waals surface area (Å²) in [6.45, 7) is 5.33. The van der Waals surface area contributed by atoms with E-state index in [4.69, 9.17) is 4.74 Å². The van der Waals surface area contributed by atoms with Crippen molar-refractivity contribution in [1.29, 1.82) is 0 Å². The molecule has 0 atom stereocenters. The summed E-state index contributed by atoms with van der Waals surface area (Å²) in [5.74, 6) is 0.381. The molecule has 1 aliphatic heterocycles. The second-order valence-electron chi connectivity index (χ2n) is 7.55. The first-order valence-corrected chi connectivity index (χ1v) is 13.1. The summed E-state index contributed by atoms with van der Waals surface area (Å²) in [5.41, 5.74) is 1.51. The third-order valence-corrected chi connectivity index (χ3v) is 8.09. The maximum Gasteiger partial charge on any atom is 0.244 e. The van der Waals surface area contributed by atoms with Crippen LogP contribution in [-0.4, -0.2) is 58.5 Å². The summed E-state index contributed by atoms with van der Waals surface area (Å²) in [5, 5.41) is 3.13. The van der Waals surface area contributed by atoms with E-state index in [0.29, 0.717) is 44.2 Å². The molecule has 0 spiro atoms. The van der Waals surface area contributed by atoms with Crippen LogP contribution in [0.2, 0.25) is 0 Å². The van der Waals surface area contributed by atoms with Crippen LogP contribution in [0.3, 0.4) is 0 Å². The van der Waals surface area contributed by atoms with Crippen LogP contribution in [0.15, 0.2) is 47.5 Å². The molecule has 1 aliphatic rings. The van der Waals surface area contributed by atoms with Gasteiger partial charge in [-0.2, -0.15) is 4.31 Å². The number of morpholine rings is 1. The fourth-order valence-corrected chi connectivity index (χ4v) is 6.08. The normalized spacial score (nSPS) is 15.8. The van der Waals surface area contributed by atoms with Gasteiger partial charge in [-0.05, 0) is 37.1 Å². The summed E-state index contributed by atoms with van der Waals surface area (Å²) in [4.78, 5) is 4.35. The van der Waals surface area contributed by atoms with Gasteiger partial charge in [0, 0.05) is 31.9 Å². The lowest BCUT2D eigenvalue weighted by Crippen LogP contribution is -2.40. The van der Waals surface area contributed by atoms with E-state index in [1.54, 1.807) is 32.0 Å². The van der Waals surface area contributed by atoms with Crippen molar-refractivity contribution in [2.24, 2.45) is 0 Å². The van der Waals surface area contributed by atoms with Crippen LogP contribution in [0.4, 0.5) is 5.82 Å². The number of hydrogen-bond acceptors (Lipinski definition) is 7. The van der Waals surface area contributed by atoms with Gasteiger partial charge >= 0.3 is 0 Å². The van der Waals surface area contributed by atoms with Gasteiger partial charge in [0.1, 0.15) is 10.7 Å². The average molecular weight is 469 g/mol. The van der Waals surface area contributed by atoms with Crippen molar-refractivity contribution in [3.8, 4) is 0 Å². The number of rotatable bonds is 9. The predicted octanol–water partition coefficient (Wildman–Crippen LogP) is 1.54. The third kappa shape index (κ3) is 6.47. The summed E-state index contributed by atoms with van der Waals surface area (Å²) in [7, 11) is -7.04. The zero-order chi connectivity index (χ0) is 22.5. The van der Waals surface area contributed by atoms with E-state index in [1.165, 1.54) is 16.6 Å². The molecule has 31 heavy (non-hydrogen) atoms. The summed E-state index contributed by atoms with van der Waals surface area (Å²) >= 11 is 0. The topological polar surface area (TPSA) is 118 Å². The third-order valence-electron chi connectivity index (χ3n) is 4.68. The van der Waals surface area contributed by atoms with Crippen LogP contribution in [0.1, 0.15) is 25.0 Å². The van der Waals surface area contributed by atoms with Gasteiger partial charge in [-0.1, -0.05) is 24.3 Å². The molecule has 0 unspecified atom stereocenters. The lowest BCUT2D eigenvalue weighted by atomic mass is 10.1. The second kappa shape index (κ2) is 10.0. The molecule has 0 bridgehead atoms. The number of hydrogen-bond donors (Lipinski definition) is 2. The minimum atomic E-state index is -3.59. The number of aromatic nitrogens is 1. The molecule has 1 aromatic carbocycles. The summed E-state index contributed by atoms with van der Waals surface area (Å²) in [6.07, 6.45) is 1.33. The van der Waals surface area contributed by atoms with Crippen molar-refractivity contribution >= 4 is 25.9 Å². The molecule has 2 heterocycles. The molecule has 170 valence electrons.